The van der Waals surface area contributed by atoms with E-state index in [2.05, 4.69) is 25.7 Å². The van der Waals surface area contributed by atoms with Gasteiger partial charge in [0.2, 0.25) is 0 Å². The second-order valence-corrected chi connectivity index (χ2v) is 9.00. The molecule has 0 rings (SSSR count). The van der Waals surface area contributed by atoms with Crippen LogP contribution in [0.5, 0.6) is 0 Å². The number of ether oxygens (including phenoxy) is 1. The number of carboxylic acid groups (broad SMARTS) is 1. The van der Waals surface area contributed by atoms with Crippen LogP contribution in [0, 0.1) is 5.92 Å². The number of hydrogen-bond donors (Lipinski definition) is 1. The molecule has 0 saturated heterocycles. The Morgan fingerprint density at radius 3 is 1.72 bits per heavy atom. The lowest BCUT2D eigenvalue weighted by Gasteiger charge is -2.11. The van der Waals surface area contributed by atoms with Crippen LogP contribution >= 0.6 is 0 Å². The highest BCUT2D eigenvalue weighted by molar-refractivity contribution is 5.78. The fraction of sp³-hybridized carbons (Fsp3) is 0.786. The number of aliphatic carboxylic acids is 1. The molecule has 0 spiro atoms. The molecule has 4 nitrogen and oxygen atoms in total. The fourth-order valence-electron chi connectivity index (χ4n) is 3.89. The van der Waals surface area contributed by atoms with Crippen LogP contribution in [0.3, 0.4) is 0 Å². The number of carbonyl (C=O) groups is 2. The molecule has 4 heteroatoms. The minimum atomic E-state index is -0.911. The zero-order chi connectivity index (χ0) is 23.7. The monoisotopic (exact) mass is 450 g/mol. The van der Waals surface area contributed by atoms with Gasteiger partial charge in [0, 0.05) is 0 Å². The summed E-state index contributed by atoms with van der Waals surface area (Å²) in [7, 11) is 0. The first-order valence-corrected chi connectivity index (χ1v) is 13.3. The van der Waals surface area contributed by atoms with Crippen LogP contribution in [0.15, 0.2) is 24.8 Å². The van der Waals surface area contributed by atoms with Crippen molar-refractivity contribution in [1.82, 2.24) is 0 Å². The van der Waals surface area contributed by atoms with Crippen LogP contribution in [0.4, 0.5) is 0 Å². The number of rotatable bonds is 24. The van der Waals surface area contributed by atoms with Gasteiger partial charge >= 0.3 is 11.9 Å². The molecule has 0 aromatic heterocycles. The van der Waals surface area contributed by atoms with E-state index >= 15 is 0 Å². The normalized spacial score (nSPS) is 12.2. The maximum absolute atomic E-state index is 11.6. The van der Waals surface area contributed by atoms with Gasteiger partial charge in [0.15, 0.2) is 0 Å². The average molecular weight is 451 g/mol. The van der Waals surface area contributed by atoms with Crippen molar-refractivity contribution in [3.63, 3.8) is 0 Å². The van der Waals surface area contributed by atoms with Crippen molar-refractivity contribution in [1.29, 1.82) is 0 Å². The van der Waals surface area contributed by atoms with Crippen molar-refractivity contribution < 1.29 is 19.4 Å². The van der Waals surface area contributed by atoms with Crippen molar-refractivity contribution in [3.8, 4) is 0 Å². The third-order valence-corrected chi connectivity index (χ3v) is 5.94. The minimum Gasteiger partial charge on any atom is -0.481 e. The predicted octanol–water partition coefficient (Wildman–Crippen LogP) is 8.40. The predicted molar refractivity (Wildman–Crippen MR) is 135 cm³/mol. The van der Waals surface area contributed by atoms with Crippen molar-refractivity contribution in [2.75, 3.05) is 6.61 Å². The average Bonchev–Trinajstić information content (AvgIpc) is 2.78. The molecule has 0 aromatic rings. The van der Waals surface area contributed by atoms with E-state index < -0.39 is 17.9 Å². The first-order chi connectivity index (χ1) is 15.6. The van der Waals surface area contributed by atoms with E-state index in [4.69, 9.17) is 4.74 Å². The van der Waals surface area contributed by atoms with E-state index in [-0.39, 0.29) is 13.0 Å². The van der Waals surface area contributed by atoms with E-state index in [9.17, 15) is 14.7 Å². The summed E-state index contributed by atoms with van der Waals surface area (Å²) in [6.45, 7) is 5.89. The van der Waals surface area contributed by atoms with Crippen LogP contribution in [0.2, 0.25) is 0 Å². The summed E-state index contributed by atoms with van der Waals surface area (Å²) in [5, 5.41) is 9.26. The summed E-state index contributed by atoms with van der Waals surface area (Å²) < 4.78 is 4.89. The smallest absolute Gasteiger partial charge is 0.307 e. The Hall–Kier alpha value is -1.58. The SMILES string of the molecule is C=CCOC(=O)CC(CCCCCC/C=C/CCCCCCCCCCCCC)C(=O)O. The van der Waals surface area contributed by atoms with Crippen molar-refractivity contribution in [3.05, 3.63) is 24.8 Å². The lowest BCUT2D eigenvalue weighted by Crippen LogP contribution is -2.19. The standard InChI is InChI=1S/C28H50O4/c1-3-5-6-7-8-9-10-11-12-13-14-15-16-17-18-19-20-21-22-23-26(28(30)31)25-27(29)32-24-4-2/h4,16-17,26H,2-3,5-15,18-25H2,1H3,(H,30,31)/b17-16+. The molecule has 0 aliphatic carbocycles. The van der Waals surface area contributed by atoms with E-state index in [1.54, 1.807) is 0 Å². The van der Waals surface area contributed by atoms with E-state index in [1.165, 1.54) is 83.1 Å². The number of carbonyl (C=O) groups excluding carboxylic acids is 1. The molecule has 1 unspecified atom stereocenters. The zero-order valence-electron chi connectivity index (χ0n) is 20.8. The highest BCUT2D eigenvalue weighted by Gasteiger charge is 2.21. The summed E-state index contributed by atoms with van der Waals surface area (Å²) >= 11 is 0. The summed E-state index contributed by atoms with van der Waals surface area (Å²) in [5.74, 6) is -2.01. The molecule has 0 saturated carbocycles. The van der Waals surface area contributed by atoms with Gasteiger partial charge in [-0.25, -0.2) is 0 Å². The number of hydrogen-bond acceptors (Lipinski definition) is 3. The van der Waals surface area contributed by atoms with Gasteiger partial charge in [0.1, 0.15) is 6.61 Å². The Labute approximate surface area is 197 Å². The zero-order valence-corrected chi connectivity index (χ0v) is 20.8. The van der Waals surface area contributed by atoms with Gasteiger partial charge in [-0.2, -0.15) is 0 Å². The Morgan fingerprint density at radius 2 is 1.25 bits per heavy atom. The van der Waals surface area contributed by atoms with Crippen LogP contribution in [0.1, 0.15) is 129 Å². The summed E-state index contributed by atoms with van der Waals surface area (Å²) in [5.41, 5.74) is 0. The van der Waals surface area contributed by atoms with Gasteiger partial charge in [-0.1, -0.05) is 115 Å². The van der Waals surface area contributed by atoms with Gasteiger partial charge < -0.3 is 9.84 Å². The van der Waals surface area contributed by atoms with E-state index in [0.29, 0.717) is 6.42 Å². The molecule has 1 atom stereocenters. The van der Waals surface area contributed by atoms with Crippen LogP contribution < -0.4 is 0 Å². The molecular formula is C28H50O4. The third-order valence-electron chi connectivity index (χ3n) is 5.94. The third kappa shape index (κ3) is 21.6. The number of esters is 1. The topological polar surface area (TPSA) is 63.6 Å². The number of allylic oxidation sites excluding steroid dienone is 2. The first-order valence-electron chi connectivity index (χ1n) is 13.3. The second-order valence-electron chi connectivity index (χ2n) is 9.00. The second kappa shape index (κ2) is 24.1. The minimum absolute atomic E-state index is 0.0506. The van der Waals surface area contributed by atoms with Gasteiger partial charge in [-0.3, -0.25) is 9.59 Å². The van der Waals surface area contributed by atoms with Gasteiger partial charge in [-0.15, -0.1) is 0 Å². The highest BCUT2D eigenvalue weighted by Crippen LogP contribution is 2.17. The summed E-state index contributed by atoms with van der Waals surface area (Å²) in [6.07, 6.45) is 28.3. The van der Waals surface area contributed by atoms with Crippen LogP contribution in [-0.2, 0) is 14.3 Å². The first kappa shape index (κ1) is 30.4. The van der Waals surface area contributed by atoms with Crippen LogP contribution in [-0.4, -0.2) is 23.7 Å². The van der Waals surface area contributed by atoms with Crippen LogP contribution in [0.25, 0.3) is 0 Å². The van der Waals surface area contributed by atoms with Gasteiger partial charge in [0.05, 0.1) is 12.3 Å². The Balaban J connectivity index is 3.46. The highest BCUT2D eigenvalue weighted by atomic mass is 16.5. The molecular weight excluding hydrogens is 400 g/mol. The quantitative estimate of drug-likeness (QED) is 0.0910. The largest absolute Gasteiger partial charge is 0.481 e. The Bertz CT molecular complexity index is 484. The van der Waals surface area contributed by atoms with E-state index in [0.717, 1.165) is 32.1 Å². The van der Waals surface area contributed by atoms with E-state index in [1.807, 2.05) is 0 Å². The van der Waals surface area contributed by atoms with Gasteiger partial charge in [-0.05, 0) is 32.1 Å². The van der Waals surface area contributed by atoms with Crippen molar-refractivity contribution >= 4 is 11.9 Å². The van der Waals surface area contributed by atoms with Crippen molar-refractivity contribution in [2.24, 2.45) is 5.92 Å². The molecule has 1 N–H and O–H groups in total. The molecule has 0 fully saturated rings. The Morgan fingerprint density at radius 1 is 0.781 bits per heavy atom. The lowest BCUT2D eigenvalue weighted by atomic mass is 9.97. The molecule has 0 aliphatic rings. The molecule has 0 aromatic carbocycles. The molecule has 186 valence electrons. The maximum atomic E-state index is 11.6. The molecule has 0 bridgehead atoms. The molecule has 0 amide bonds. The summed E-state index contributed by atoms with van der Waals surface area (Å²) in [4.78, 5) is 22.9. The number of unbranched alkanes of at least 4 members (excludes halogenated alkanes) is 15. The molecule has 0 heterocycles. The molecule has 32 heavy (non-hydrogen) atoms. The van der Waals surface area contributed by atoms with Gasteiger partial charge in [0.25, 0.3) is 0 Å². The maximum Gasteiger partial charge on any atom is 0.307 e. The lowest BCUT2D eigenvalue weighted by molar-refractivity contribution is -0.151. The Kier molecular flexibility index (Phi) is 22.9. The van der Waals surface area contributed by atoms with Crippen molar-refractivity contribution in [2.45, 2.75) is 129 Å². The fourth-order valence-corrected chi connectivity index (χ4v) is 3.89. The summed E-state index contributed by atoms with van der Waals surface area (Å²) in [6, 6.07) is 0. The molecule has 0 aliphatic heterocycles. The molecule has 0 radical (unpaired) electrons. The number of carboxylic acids is 1.